The summed E-state index contributed by atoms with van der Waals surface area (Å²) in [6.45, 7) is 1.37. The largest absolute Gasteiger partial charge is 0.493 e. The Morgan fingerprint density at radius 2 is 1.68 bits per heavy atom. The summed E-state index contributed by atoms with van der Waals surface area (Å²) in [6.07, 6.45) is 0. The third-order valence-corrected chi connectivity index (χ3v) is 6.07. The molecule has 1 heterocycles. The van der Waals surface area contributed by atoms with Crippen molar-refractivity contribution in [2.45, 2.75) is 23.4 Å². The lowest BCUT2D eigenvalue weighted by Crippen LogP contribution is -2.30. The van der Waals surface area contributed by atoms with Crippen LogP contribution in [-0.2, 0) is 21.2 Å². The number of aryl methyl sites for hydroxylation is 1. The van der Waals surface area contributed by atoms with Crippen molar-refractivity contribution in [1.82, 2.24) is 9.78 Å². The van der Waals surface area contributed by atoms with Gasteiger partial charge in [-0.3, -0.25) is 9.59 Å². The average Bonchev–Trinajstić information content (AvgIpc) is 2.75. The summed E-state index contributed by atoms with van der Waals surface area (Å²) in [6, 6.07) is 13.2. The molecule has 0 atom stereocenters. The van der Waals surface area contributed by atoms with Gasteiger partial charge in [0.15, 0.2) is 16.5 Å². The van der Waals surface area contributed by atoms with Crippen LogP contribution in [-0.4, -0.2) is 38.3 Å². The molecule has 1 N–H and O–H groups in total. The minimum atomic E-state index is -3.94. The van der Waals surface area contributed by atoms with Crippen molar-refractivity contribution < 1.29 is 22.7 Å². The number of methoxy groups -OCH3 is 2. The first-order valence-corrected chi connectivity index (χ1v) is 10.6. The predicted octanol–water partition coefficient (Wildman–Crippen LogP) is 2.04. The predicted molar refractivity (Wildman–Crippen MR) is 113 cm³/mol. The van der Waals surface area contributed by atoms with Gasteiger partial charge in [0.2, 0.25) is 15.7 Å². The number of sulfone groups is 1. The van der Waals surface area contributed by atoms with Gasteiger partial charge in [0, 0.05) is 17.8 Å². The van der Waals surface area contributed by atoms with Crippen molar-refractivity contribution in [3.05, 3.63) is 70.5 Å². The summed E-state index contributed by atoms with van der Waals surface area (Å²) in [4.78, 5) is 24.6. The molecule has 3 aromatic rings. The lowest BCUT2D eigenvalue weighted by atomic mass is 10.2. The molecule has 0 bridgehead atoms. The zero-order valence-electron chi connectivity index (χ0n) is 17.2. The van der Waals surface area contributed by atoms with Gasteiger partial charge in [-0.05, 0) is 37.3 Å². The van der Waals surface area contributed by atoms with Gasteiger partial charge in [-0.25, -0.2) is 13.1 Å². The fraction of sp³-hybridized carbons (Fsp3) is 0.190. The van der Waals surface area contributed by atoms with Gasteiger partial charge < -0.3 is 14.8 Å². The average molecular weight is 443 g/mol. The molecule has 0 aliphatic carbocycles. The molecule has 3 rings (SSSR count). The number of nitrogens with zero attached hydrogens (tertiary/aromatic N) is 2. The topological polar surface area (TPSA) is 117 Å². The highest BCUT2D eigenvalue weighted by Gasteiger charge is 2.21. The number of hydrogen-bond acceptors (Lipinski definition) is 7. The van der Waals surface area contributed by atoms with E-state index in [2.05, 4.69) is 10.4 Å². The Balaban J connectivity index is 1.83. The molecule has 10 heteroatoms. The summed E-state index contributed by atoms with van der Waals surface area (Å²) < 4.78 is 36.8. The number of rotatable bonds is 7. The van der Waals surface area contributed by atoms with E-state index < -0.39 is 27.8 Å². The second-order valence-corrected chi connectivity index (χ2v) is 8.50. The van der Waals surface area contributed by atoms with Crippen molar-refractivity contribution in [3.63, 3.8) is 0 Å². The quantitative estimate of drug-likeness (QED) is 0.594. The van der Waals surface area contributed by atoms with Crippen molar-refractivity contribution in [2.75, 3.05) is 19.5 Å². The standard InChI is InChI=1S/C21H21N3O6S/c1-14-4-7-16(8-5-14)31(27,28)20-10-11-21(26)24(23-20)13-19(25)22-15-6-9-17(29-2)18(12-15)30-3/h4-12H,13H2,1-3H3,(H,22,25). The Morgan fingerprint density at radius 1 is 1.00 bits per heavy atom. The molecule has 31 heavy (non-hydrogen) atoms. The van der Waals surface area contributed by atoms with Gasteiger partial charge in [-0.2, -0.15) is 5.10 Å². The van der Waals surface area contributed by atoms with Gasteiger partial charge in [-0.1, -0.05) is 17.7 Å². The highest BCUT2D eigenvalue weighted by atomic mass is 32.2. The summed E-state index contributed by atoms with van der Waals surface area (Å²) >= 11 is 0. The van der Waals surface area contributed by atoms with E-state index in [9.17, 15) is 18.0 Å². The Bertz CT molecular complexity index is 1270. The van der Waals surface area contributed by atoms with Crippen molar-refractivity contribution in [1.29, 1.82) is 0 Å². The fourth-order valence-corrected chi connectivity index (χ4v) is 3.96. The van der Waals surface area contributed by atoms with E-state index in [0.717, 1.165) is 22.4 Å². The maximum atomic E-state index is 12.8. The highest BCUT2D eigenvalue weighted by molar-refractivity contribution is 7.91. The van der Waals surface area contributed by atoms with Crippen LogP contribution in [0.3, 0.4) is 0 Å². The monoisotopic (exact) mass is 443 g/mol. The molecular formula is C21H21N3O6S. The van der Waals surface area contributed by atoms with Crippen LogP contribution in [0.4, 0.5) is 5.69 Å². The summed E-state index contributed by atoms with van der Waals surface area (Å²) in [5.74, 6) is 0.348. The van der Waals surface area contributed by atoms with E-state index in [0.29, 0.717) is 17.2 Å². The van der Waals surface area contributed by atoms with Crippen LogP contribution in [0.5, 0.6) is 11.5 Å². The van der Waals surface area contributed by atoms with Gasteiger partial charge >= 0.3 is 0 Å². The molecule has 9 nitrogen and oxygen atoms in total. The van der Waals surface area contributed by atoms with Crippen LogP contribution in [0.15, 0.2) is 69.3 Å². The number of amides is 1. The van der Waals surface area contributed by atoms with E-state index in [1.54, 1.807) is 30.3 Å². The first kappa shape index (κ1) is 22.0. The Kier molecular flexibility index (Phi) is 6.40. The molecule has 0 fully saturated rings. The SMILES string of the molecule is COc1ccc(NC(=O)Cn2nc(S(=O)(=O)c3ccc(C)cc3)ccc2=O)cc1OC. The Morgan fingerprint density at radius 3 is 2.32 bits per heavy atom. The minimum Gasteiger partial charge on any atom is -0.493 e. The number of anilines is 1. The third kappa shape index (κ3) is 4.92. The lowest BCUT2D eigenvalue weighted by Gasteiger charge is -2.11. The number of carbonyl (C=O) groups excluding carboxylic acids is 1. The van der Waals surface area contributed by atoms with Crippen LogP contribution in [0.25, 0.3) is 0 Å². The maximum Gasteiger partial charge on any atom is 0.267 e. The summed E-state index contributed by atoms with van der Waals surface area (Å²) in [5.41, 5.74) is 0.716. The number of ether oxygens (including phenoxy) is 2. The highest BCUT2D eigenvalue weighted by Crippen LogP contribution is 2.29. The molecule has 0 radical (unpaired) electrons. The summed E-state index contributed by atoms with van der Waals surface area (Å²) in [7, 11) is -0.982. The van der Waals surface area contributed by atoms with Crippen molar-refractivity contribution in [2.24, 2.45) is 0 Å². The zero-order valence-corrected chi connectivity index (χ0v) is 18.0. The van der Waals surface area contributed by atoms with Gasteiger partial charge in [-0.15, -0.1) is 0 Å². The van der Waals surface area contributed by atoms with E-state index in [1.165, 1.54) is 26.4 Å². The molecule has 0 aliphatic heterocycles. The number of carbonyl (C=O) groups is 1. The second kappa shape index (κ2) is 9.00. The van der Waals surface area contributed by atoms with E-state index in [-0.39, 0.29) is 9.92 Å². The number of benzene rings is 2. The zero-order chi connectivity index (χ0) is 22.6. The molecule has 1 aromatic heterocycles. The van der Waals surface area contributed by atoms with E-state index >= 15 is 0 Å². The molecule has 0 saturated carbocycles. The van der Waals surface area contributed by atoms with Gasteiger partial charge in [0.05, 0.1) is 19.1 Å². The normalized spacial score (nSPS) is 11.1. The summed E-state index contributed by atoms with van der Waals surface area (Å²) in [5, 5.41) is 6.19. The molecule has 0 spiro atoms. The Labute approximate surface area is 179 Å². The second-order valence-electron chi connectivity index (χ2n) is 6.60. The number of nitrogens with one attached hydrogen (secondary N) is 1. The maximum absolute atomic E-state index is 12.8. The van der Waals surface area contributed by atoms with Crippen molar-refractivity contribution >= 4 is 21.4 Å². The molecule has 162 valence electrons. The minimum absolute atomic E-state index is 0.0468. The smallest absolute Gasteiger partial charge is 0.267 e. The fourth-order valence-electron chi connectivity index (χ4n) is 2.78. The molecule has 2 aromatic carbocycles. The third-order valence-electron chi connectivity index (χ3n) is 4.41. The van der Waals surface area contributed by atoms with Crippen molar-refractivity contribution in [3.8, 4) is 11.5 Å². The van der Waals surface area contributed by atoms with Gasteiger partial charge in [0.1, 0.15) is 6.54 Å². The molecule has 0 saturated heterocycles. The molecule has 0 aliphatic rings. The van der Waals surface area contributed by atoms with E-state index in [1.807, 2.05) is 6.92 Å². The number of hydrogen-bond donors (Lipinski definition) is 1. The molecular weight excluding hydrogens is 422 g/mol. The van der Waals surface area contributed by atoms with Crippen LogP contribution >= 0.6 is 0 Å². The first-order valence-electron chi connectivity index (χ1n) is 9.16. The number of aromatic nitrogens is 2. The van der Waals surface area contributed by atoms with Crippen LogP contribution < -0.4 is 20.3 Å². The lowest BCUT2D eigenvalue weighted by molar-refractivity contribution is -0.117. The van der Waals surface area contributed by atoms with Crippen LogP contribution in [0, 0.1) is 6.92 Å². The molecule has 1 amide bonds. The molecule has 0 unspecified atom stereocenters. The van der Waals surface area contributed by atoms with Crippen LogP contribution in [0.2, 0.25) is 0 Å². The Hall–Kier alpha value is -3.66. The van der Waals surface area contributed by atoms with E-state index in [4.69, 9.17) is 9.47 Å². The van der Waals surface area contributed by atoms with Crippen LogP contribution in [0.1, 0.15) is 5.56 Å². The van der Waals surface area contributed by atoms with Gasteiger partial charge in [0.25, 0.3) is 5.56 Å². The first-order chi connectivity index (χ1) is 14.7.